The van der Waals surface area contributed by atoms with Gasteiger partial charge in [-0.25, -0.2) is 4.98 Å². The van der Waals surface area contributed by atoms with E-state index in [1.165, 1.54) is 5.56 Å². The maximum Gasteiger partial charge on any atom is 0.248 e. The predicted octanol–water partition coefficient (Wildman–Crippen LogP) is 5.17. The normalized spacial score (nSPS) is 11.2. The molecule has 0 aliphatic carbocycles. The van der Waals surface area contributed by atoms with E-state index in [1.807, 2.05) is 36.5 Å². The number of anilines is 1. The molecule has 0 atom stereocenters. The summed E-state index contributed by atoms with van der Waals surface area (Å²) in [5.41, 5.74) is 9.88. The lowest BCUT2D eigenvalue weighted by Gasteiger charge is -2.12. The van der Waals surface area contributed by atoms with Crippen LogP contribution in [0, 0.1) is 0 Å². The van der Waals surface area contributed by atoms with Crippen LogP contribution in [0.15, 0.2) is 79.4 Å². The molecule has 3 heterocycles. The highest BCUT2D eigenvalue weighted by Crippen LogP contribution is 2.30. The third kappa shape index (κ3) is 6.71. The second-order valence-corrected chi connectivity index (χ2v) is 10.00. The van der Waals surface area contributed by atoms with Gasteiger partial charge in [0.05, 0.1) is 5.52 Å². The van der Waals surface area contributed by atoms with Gasteiger partial charge in [-0.2, -0.15) is 0 Å². The molecule has 0 aliphatic rings. The average molecular weight is 554 g/mol. The summed E-state index contributed by atoms with van der Waals surface area (Å²) in [7, 11) is 0. The lowest BCUT2D eigenvalue weighted by molar-refractivity contribution is 0.100. The van der Waals surface area contributed by atoms with Gasteiger partial charge < -0.3 is 21.7 Å². The minimum absolute atomic E-state index is 0.438. The molecule has 0 unspecified atom stereocenters. The van der Waals surface area contributed by atoms with E-state index in [0.29, 0.717) is 11.1 Å². The third-order valence-corrected chi connectivity index (χ3v) is 7.10. The zero-order valence-corrected chi connectivity index (χ0v) is 22.9. The largest absolute Gasteiger partial charge is 0.368 e. The van der Waals surface area contributed by atoms with Gasteiger partial charge in [0, 0.05) is 76.7 Å². The highest BCUT2D eigenvalue weighted by molar-refractivity contribution is 6.33. The first-order valence-corrected chi connectivity index (χ1v) is 13.8. The van der Waals surface area contributed by atoms with Crippen LogP contribution in [0.5, 0.6) is 0 Å². The second-order valence-electron chi connectivity index (χ2n) is 9.59. The average Bonchev–Trinajstić information content (AvgIpc) is 2.98. The quantitative estimate of drug-likeness (QED) is 0.117. The molecule has 40 heavy (non-hydrogen) atoms. The van der Waals surface area contributed by atoms with E-state index < -0.39 is 5.91 Å². The molecular weight excluding hydrogens is 522 g/mol. The SMILES string of the molecule is NC(=O)c1ccc2c(c1)nc(NCCNCCCCNCc1ccc(-c3ccncc3)c(Cl)c1)c1ccncc12. The Bertz CT molecular complexity index is 1610. The Morgan fingerprint density at radius 2 is 1.60 bits per heavy atom. The van der Waals surface area contributed by atoms with Gasteiger partial charge in [0.1, 0.15) is 5.82 Å². The number of nitrogens with one attached hydrogen (secondary N) is 3. The zero-order valence-electron chi connectivity index (χ0n) is 22.2. The number of benzene rings is 2. The number of halogens is 1. The molecular formula is C31H32ClN7O. The number of nitrogens with two attached hydrogens (primary N) is 1. The van der Waals surface area contributed by atoms with Gasteiger partial charge in [0.25, 0.3) is 0 Å². The van der Waals surface area contributed by atoms with Crippen LogP contribution in [0.3, 0.4) is 0 Å². The number of rotatable bonds is 13. The Kier molecular flexibility index (Phi) is 9.13. The van der Waals surface area contributed by atoms with Crippen LogP contribution in [0.4, 0.5) is 5.82 Å². The van der Waals surface area contributed by atoms with Crippen LogP contribution in [-0.4, -0.2) is 47.0 Å². The fourth-order valence-electron chi connectivity index (χ4n) is 4.70. The summed E-state index contributed by atoms with van der Waals surface area (Å²) in [4.78, 5) is 24.7. The molecule has 0 spiro atoms. The summed E-state index contributed by atoms with van der Waals surface area (Å²) in [6, 6.07) is 17.4. The Morgan fingerprint density at radius 3 is 2.40 bits per heavy atom. The first kappa shape index (κ1) is 27.5. The van der Waals surface area contributed by atoms with Gasteiger partial charge in [-0.1, -0.05) is 29.8 Å². The van der Waals surface area contributed by atoms with Crippen molar-refractivity contribution < 1.29 is 4.79 Å². The Morgan fingerprint density at radius 1 is 0.800 bits per heavy atom. The number of carbonyl (C=O) groups is 1. The summed E-state index contributed by atoms with van der Waals surface area (Å²) >= 11 is 6.51. The van der Waals surface area contributed by atoms with Gasteiger partial charge in [0.2, 0.25) is 5.91 Å². The summed E-state index contributed by atoms with van der Waals surface area (Å²) in [5.74, 6) is 0.301. The number of hydrogen-bond donors (Lipinski definition) is 4. The summed E-state index contributed by atoms with van der Waals surface area (Å²) < 4.78 is 0. The van der Waals surface area contributed by atoms with E-state index in [1.54, 1.807) is 30.7 Å². The van der Waals surface area contributed by atoms with E-state index in [2.05, 4.69) is 38.1 Å². The molecule has 8 nitrogen and oxygen atoms in total. The fraction of sp³-hybridized carbons (Fsp3) is 0.226. The van der Waals surface area contributed by atoms with Crippen LogP contribution in [-0.2, 0) is 6.54 Å². The van der Waals surface area contributed by atoms with Crippen LogP contribution >= 0.6 is 11.6 Å². The minimum Gasteiger partial charge on any atom is -0.368 e. The van der Waals surface area contributed by atoms with Crippen molar-refractivity contribution in [2.75, 3.05) is 31.5 Å². The number of fused-ring (bicyclic) bond motifs is 3. The highest BCUT2D eigenvalue weighted by Gasteiger charge is 2.10. The molecule has 204 valence electrons. The molecule has 1 amide bonds. The lowest BCUT2D eigenvalue weighted by Crippen LogP contribution is -2.24. The van der Waals surface area contributed by atoms with Crippen molar-refractivity contribution in [2.24, 2.45) is 5.73 Å². The fourth-order valence-corrected chi connectivity index (χ4v) is 5.01. The highest BCUT2D eigenvalue weighted by atomic mass is 35.5. The molecule has 0 aliphatic heterocycles. The van der Waals surface area contributed by atoms with Gasteiger partial charge in [-0.3, -0.25) is 14.8 Å². The number of nitrogens with zero attached hydrogens (tertiary/aromatic N) is 3. The number of pyridine rings is 3. The van der Waals surface area contributed by atoms with Crippen molar-refractivity contribution in [1.29, 1.82) is 0 Å². The molecule has 3 aromatic heterocycles. The van der Waals surface area contributed by atoms with Crippen LogP contribution in [0.2, 0.25) is 5.02 Å². The van der Waals surface area contributed by atoms with Crippen molar-refractivity contribution in [3.05, 3.63) is 95.5 Å². The number of primary amides is 1. The standard InChI is InChI=1S/C31H32ClN7O/c32-28-17-21(3-5-24(28)22-7-12-35-13-8-22)19-36-11-2-1-10-34-15-16-38-31-26-9-14-37-20-27(26)25-6-4-23(30(33)40)18-29(25)39-31/h3-9,12-14,17-18,20,34,36H,1-2,10-11,15-16,19H2,(H2,33,40)(H,38,39). The van der Waals surface area contributed by atoms with Gasteiger partial charge >= 0.3 is 0 Å². The smallest absolute Gasteiger partial charge is 0.248 e. The van der Waals surface area contributed by atoms with E-state index in [-0.39, 0.29) is 0 Å². The Balaban J connectivity index is 1.02. The Hall–Kier alpha value is -4.11. The topological polar surface area (TPSA) is 118 Å². The summed E-state index contributed by atoms with van der Waals surface area (Å²) in [5, 5.41) is 14.1. The van der Waals surface area contributed by atoms with Crippen molar-refractivity contribution in [3.8, 4) is 11.1 Å². The zero-order chi connectivity index (χ0) is 27.7. The first-order chi connectivity index (χ1) is 19.6. The van der Waals surface area contributed by atoms with Crippen LogP contribution in [0.25, 0.3) is 32.8 Å². The number of aromatic nitrogens is 3. The van der Waals surface area contributed by atoms with Crippen molar-refractivity contribution in [3.63, 3.8) is 0 Å². The maximum absolute atomic E-state index is 11.6. The molecule has 0 saturated heterocycles. The summed E-state index contributed by atoms with van der Waals surface area (Å²) in [6.45, 7) is 4.20. The van der Waals surface area contributed by atoms with Crippen LogP contribution in [0.1, 0.15) is 28.8 Å². The number of unbranched alkanes of at least 4 members (excludes halogenated alkanes) is 1. The molecule has 5 aromatic rings. The molecule has 2 aromatic carbocycles. The number of carbonyl (C=O) groups excluding carboxylic acids is 1. The molecule has 0 bridgehead atoms. The van der Waals surface area contributed by atoms with Crippen LogP contribution < -0.4 is 21.7 Å². The minimum atomic E-state index is -0.469. The van der Waals surface area contributed by atoms with E-state index in [4.69, 9.17) is 22.3 Å². The predicted molar refractivity (Wildman–Crippen MR) is 163 cm³/mol. The lowest BCUT2D eigenvalue weighted by atomic mass is 10.0. The van der Waals surface area contributed by atoms with Gasteiger partial charge in [0.15, 0.2) is 0 Å². The van der Waals surface area contributed by atoms with E-state index >= 15 is 0 Å². The molecule has 5 rings (SSSR count). The maximum atomic E-state index is 11.6. The Labute approximate surface area is 238 Å². The van der Waals surface area contributed by atoms with Gasteiger partial charge in [-0.15, -0.1) is 0 Å². The third-order valence-electron chi connectivity index (χ3n) is 6.79. The molecule has 0 radical (unpaired) electrons. The number of amides is 1. The van der Waals surface area contributed by atoms with E-state index in [9.17, 15) is 4.79 Å². The van der Waals surface area contributed by atoms with Crippen molar-refractivity contribution >= 4 is 45.0 Å². The van der Waals surface area contributed by atoms with Crippen molar-refractivity contribution in [1.82, 2.24) is 25.6 Å². The monoisotopic (exact) mass is 553 g/mol. The second kappa shape index (κ2) is 13.3. The molecule has 0 fully saturated rings. The number of hydrogen-bond acceptors (Lipinski definition) is 7. The van der Waals surface area contributed by atoms with Crippen molar-refractivity contribution in [2.45, 2.75) is 19.4 Å². The molecule has 9 heteroatoms. The molecule has 0 saturated carbocycles. The van der Waals surface area contributed by atoms with Gasteiger partial charge in [-0.05, 0) is 73.5 Å². The summed E-state index contributed by atoms with van der Waals surface area (Å²) in [6.07, 6.45) is 9.29. The van der Waals surface area contributed by atoms with E-state index in [0.717, 1.165) is 83.7 Å². The first-order valence-electron chi connectivity index (χ1n) is 13.4. The molecule has 5 N–H and O–H groups in total.